The fourth-order valence-electron chi connectivity index (χ4n) is 5.97. The minimum absolute atomic E-state index is 0.261. The van der Waals surface area contributed by atoms with Gasteiger partial charge in [0.1, 0.15) is 6.29 Å². The second-order valence-electron chi connectivity index (χ2n) is 12.2. The van der Waals surface area contributed by atoms with Crippen molar-refractivity contribution in [2.45, 2.75) is 66.0 Å². The summed E-state index contributed by atoms with van der Waals surface area (Å²) in [5.41, 5.74) is 10.5. The van der Waals surface area contributed by atoms with Crippen LogP contribution < -0.4 is 0 Å². The molecule has 0 saturated carbocycles. The number of rotatable bonds is 15. The van der Waals surface area contributed by atoms with Gasteiger partial charge in [0.25, 0.3) is 0 Å². The normalized spacial score (nSPS) is 12.2. The average molecular weight is 634 g/mol. The molecule has 4 aromatic rings. The first-order valence-electron chi connectivity index (χ1n) is 16.0. The van der Waals surface area contributed by atoms with E-state index in [0.29, 0.717) is 29.9 Å². The number of hydrogen-bond acceptors (Lipinski definition) is 4. The van der Waals surface area contributed by atoms with Gasteiger partial charge in [-0.2, -0.15) is 0 Å². The van der Waals surface area contributed by atoms with Crippen molar-refractivity contribution < 1.29 is 4.79 Å². The van der Waals surface area contributed by atoms with E-state index >= 15 is 0 Å². The molecule has 0 aliphatic carbocycles. The molecular weight excluding hydrogens is 586 g/mol. The third kappa shape index (κ3) is 11.1. The number of carbonyl (C=O) groups is 1. The van der Waals surface area contributed by atoms with Gasteiger partial charge in [-0.05, 0) is 90.1 Å². The van der Waals surface area contributed by atoms with E-state index in [-0.39, 0.29) is 5.92 Å². The maximum atomic E-state index is 12.3. The number of aryl methyl sites for hydroxylation is 2. The molecule has 0 bridgehead atoms. The van der Waals surface area contributed by atoms with E-state index in [1.807, 2.05) is 30.3 Å². The monoisotopic (exact) mass is 633 g/mol. The van der Waals surface area contributed by atoms with Crippen LogP contribution in [0.3, 0.4) is 0 Å². The van der Waals surface area contributed by atoms with Crippen LogP contribution in [0.25, 0.3) is 11.4 Å². The summed E-state index contributed by atoms with van der Waals surface area (Å²) in [5, 5.41) is 0.668. The Morgan fingerprint density at radius 1 is 0.957 bits per heavy atom. The van der Waals surface area contributed by atoms with Crippen molar-refractivity contribution >= 4 is 17.9 Å². The van der Waals surface area contributed by atoms with Crippen molar-refractivity contribution in [3.63, 3.8) is 0 Å². The molecule has 0 spiro atoms. The Bertz CT molecular complexity index is 1570. The van der Waals surface area contributed by atoms with Gasteiger partial charge in [0.2, 0.25) is 0 Å². The fourth-order valence-corrected chi connectivity index (χ4v) is 6.09. The van der Waals surface area contributed by atoms with Crippen LogP contribution in [0.5, 0.6) is 0 Å². The van der Waals surface area contributed by atoms with Gasteiger partial charge >= 0.3 is 0 Å². The van der Waals surface area contributed by atoms with E-state index < -0.39 is 0 Å². The highest BCUT2D eigenvalue weighted by molar-refractivity contribution is 6.30. The van der Waals surface area contributed by atoms with Crippen LogP contribution in [0.1, 0.15) is 67.3 Å². The van der Waals surface area contributed by atoms with E-state index in [0.717, 1.165) is 49.0 Å². The maximum Gasteiger partial charge on any atom is 0.159 e. The SMILES string of the molecule is C=C(CCc1cccc(CN(Cc2ccc(-c3ncccn3)cc2C)CC(C=O)c2ccc(Cl)cc2)c1)C(CC)C(C)C.C=C=C. The number of aromatic nitrogens is 2. The zero-order valence-corrected chi connectivity index (χ0v) is 28.6. The lowest BCUT2D eigenvalue weighted by Gasteiger charge is -2.27. The van der Waals surface area contributed by atoms with Gasteiger partial charge in [0.15, 0.2) is 5.82 Å². The van der Waals surface area contributed by atoms with Crippen molar-refractivity contribution in [2.75, 3.05) is 6.54 Å². The molecule has 4 rings (SSSR count). The van der Waals surface area contributed by atoms with E-state index in [1.54, 1.807) is 12.4 Å². The summed E-state index contributed by atoms with van der Waals surface area (Å²) in [6.45, 7) is 21.7. The molecule has 4 nitrogen and oxygen atoms in total. The maximum absolute atomic E-state index is 12.3. The minimum atomic E-state index is -0.261. The van der Waals surface area contributed by atoms with Gasteiger partial charge in [0.05, 0.1) is 5.92 Å². The molecule has 2 unspecified atom stereocenters. The molecule has 0 saturated heterocycles. The largest absolute Gasteiger partial charge is 0.303 e. The Morgan fingerprint density at radius 2 is 1.63 bits per heavy atom. The zero-order chi connectivity index (χ0) is 33.5. The molecule has 5 heteroatoms. The summed E-state index contributed by atoms with van der Waals surface area (Å²) in [7, 11) is 0. The number of allylic oxidation sites excluding steroid dienone is 1. The molecule has 1 aromatic heterocycles. The van der Waals surface area contributed by atoms with Gasteiger partial charge in [-0.25, -0.2) is 9.97 Å². The Kier molecular flexibility index (Phi) is 14.9. The molecule has 1 heterocycles. The second-order valence-corrected chi connectivity index (χ2v) is 12.6. The summed E-state index contributed by atoms with van der Waals surface area (Å²) in [5.74, 6) is 1.63. The van der Waals surface area contributed by atoms with Crippen molar-refractivity contribution in [3.05, 3.63) is 149 Å². The van der Waals surface area contributed by atoms with Crippen LogP contribution in [0, 0.1) is 18.8 Å². The third-order valence-corrected chi connectivity index (χ3v) is 8.63. The molecule has 0 radical (unpaired) electrons. The number of carbonyl (C=O) groups excluding carboxylic acids is 1. The first kappa shape index (κ1) is 36.4. The predicted octanol–water partition coefficient (Wildman–Crippen LogP) is 10.2. The van der Waals surface area contributed by atoms with Gasteiger partial charge < -0.3 is 4.79 Å². The molecule has 0 fully saturated rings. The summed E-state index contributed by atoms with van der Waals surface area (Å²) in [6, 6.07) is 24.7. The van der Waals surface area contributed by atoms with Crippen LogP contribution in [0.2, 0.25) is 5.02 Å². The summed E-state index contributed by atoms with van der Waals surface area (Å²) >= 11 is 6.14. The molecule has 3 aromatic carbocycles. The molecule has 240 valence electrons. The lowest BCUT2D eigenvalue weighted by atomic mass is 9.84. The Hall–Kier alpha value is -4.08. The van der Waals surface area contributed by atoms with Crippen molar-refractivity contribution in [1.82, 2.24) is 14.9 Å². The Labute approximate surface area is 281 Å². The molecule has 2 atom stereocenters. The van der Waals surface area contributed by atoms with Gasteiger partial charge in [-0.1, -0.05) is 106 Å². The number of nitrogens with zero attached hydrogens (tertiary/aromatic N) is 3. The molecule has 0 amide bonds. The number of hydrogen-bond donors (Lipinski definition) is 0. The zero-order valence-electron chi connectivity index (χ0n) is 27.9. The molecule has 0 aliphatic heterocycles. The molecule has 46 heavy (non-hydrogen) atoms. The first-order valence-corrected chi connectivity index (χ1v) is 16.4. The van der Waals surface area contributed by atoms with Crippen molar-refractivity contribution in [1.29, 1.82) is 0 Å². The van der Waals surface area contributed by atoms with Crippen LogP contribution in [-0.2, 0) is 24.3 Å². The summed E-state index contributed by atoms with van der Waals surface area (Å²) in [6.07, 6.45) is 7.71. The van der Waals surface area contributed by atoms with Crippen LogP contribution in [-0.4, -0.2) is 27.7 Å². The molecule has 0 N–H and O–H groups in total. The van der Waals surface area contributed by atoms with Crippen LogP contribution >= 0.6 is 11.6 Å². The number of aldehydes is 1. The highest BCUT2D eigenvalue weighted by Crippen LogP contribution is 2.27. The standard InChI is InChI=1S/C38H44ClN3O.C3H4/c1-6-37(27(2)3)28(4)11-12-30-9-7-10-31(22-30)23-42(25-35(26-43)32-15-17-36(39)18-16-32)24-34-14-13-33(21-29(34)5)38-40-19-8-20-41-38;1-3-2/h7-10,13-22,26-27,35,37H,4,6,11-12,23-25H2,1-3,5H3;1-2H2. The van der Waals surface area contributed by atoms with E-state index in [4.69, 9.17) is 11.6 Å². The second kappa shape index (κ2) is 18.8. The smallest absolute Gasteiger partial charge is 0.159 e. The fraction of sp³-hybridized carbons (Fsp3) is 0.317. The number of benzene rings is 3. The number of halogens is 1. The van der Waals surface area contributed by atoms with Gasteiger partial charge in [-0.3, -0.25) is 4.90 Å². The van der Waals surface area contributed by atoms with E-state index in [2.05, 4.69) is 110 Å². The van der Waals surface area contributed by atoms with Crippen molar-refractivity contribution in [3.8, 4) is 11.4 Å². The lowest BCUT2D eigenvalue weighted by molar-refractivity contribution is -0.109. The topological polar surface area (TPSA) is 46.1 Å². The first-order chi connectivity index (χ1) is 22.2. The summed E-state index contributed by atoms with van der Waals surface area (Å²) < 4.78 is 0. The van der Waals surface area contributed by atoms with E-state index in [9.17, 15) is 4.79 Å². The van der Waals surface area contributed by atoms with E-state index in [1.165, 1.54) is 27.8 Å². The lowest BCUT2D eigenvalue weighted by Crippen LogP contribution is -2.29. The summed E-state index contributed by atoms with van der Waals surface area (Å²) in [4.78, 5) is 23.5. The highest BCUT2D eigenvalue weighted by Gasteiger charge is 2.19. The van der Waals surface area contributed by atoms with Crippen LogP contribution in [0.4, 0.5) is 0 Å². The average Bonchev–Trinajstić information content (AvgIpc) is 3.05. The minimum Gasteiger partial charge on any atom is -0.303 e. The Balaban J connectivity index is 0.00000185. The Morgan fingerprint density at radius 3 is 2.24 bits per heavy atom. The predicted molar refractivity (Wildman–Crippen MR) is 194 cm³/mol. The van der Waals surface area contributed by atoms with Crippen LogP contribution in [0.15, 0.2) is 116 Å². The molecular formula is C41H48ClN3O. The third-order valence-electron chi connectivity index (χ3n) is 8.38. The van der Waals surface area contributed by atoms with Crippen molar-refractivity contribution in [2.24, 2.45) is 11.8 Å². The highest BCUT2D eigenvalue weighted by atomic mass is 35.5. The molecule has 0 aliphatic rings. The van der Waals surface area contributed by atoms with Gasteiger partial charge in [-0.15, -0.1) is 5.73 Å². The van der Waals surface area contributed by atoms with Gasteiger partial charge in [0, 0.05) is 42.6 Å². The quantitative estimate of drug-likeness (QED) is 0.0742.